The van der Waals surface area contributed by atoms with Crippen LogP contribution in [0.2, 0.25) is 0 Å². The largest absolute Gasteiger partial charge is 0.291 e. The van der Waals surface area contributed by atoms with Gasteiger partial charge in [0.25, 0.3) is 0 Å². The monoisotopic (exact) mass is 483 g/mol. The van der Waals surface area contributed by atoms with Crippen molar-refractivity contribution in [1.29, 1.82) is 0 Å². The van der Waals surface area contributed by atoms with Crippen molar-refractivity contribution < 1.29 is 19.2 Å². The van der Waals surface area contributed by atoms with E-state index < -0.39 is 41.4 Å². The van der Waals surface area contributed by atoms with Gasteiger partial charge in [-0.25, -0.2) is 0 Å². The van der Waals surface area contributed by atoms with Gasteiger partial charge in [-0.15, -0.1) is 0 Å². The third-order valence-electron chi connectivity index (χ3n) is 6.21. The zero-order valence-electron chi connectivity index (χ0n) is 18.4. The van der Waals surface area contributed by atoms with Gasteiger partial charge in [0.2, 0.25) is 23.6 Å². The number of rotatable bonds is 3. The highest BCUT2D eigenvalue weighted by Crippen LogP contribution is 2.39. The van der Waals surface area contributed by atoms with Crippen molar-refractivity contribution in [3.05, 3.63) is 42.1 Å². The number of benzene rings is 1. The van der Waals surface area contributed by atoms with Gasteiger partial charge in [0, 0.05) is 45.2 Å². The fourth-order valence-corrected chi connectivity index (χ4v) is 4.65. The van der Waals surface area contributed by atoms with Crippen molar-refractivity contribution >= 4 is 69.2 Å². The first-order valence-electron chi connectivity index (χ1n) is 10.1. The van der Waals surface area contributed by atoms with Crippen LogP contribution in [0.15, 0.2) is 36.4 Å². The number of thiocarbonyl (C=S) groups is 2. The first kappa shape index (κ1) is 22.9. The van der Waals surface area contributed by atoms with Crippen LogP contribution in [0.3, 0.4) is 0 Å². The molecule has 0 N–H and O–H groups in total. The van der Waals surface area contributed by atoms with Crippen LogP contribution < -0.4 is 0 Å². The summed E-state index contributed by atoms with van der Waals surface area (Å²) in [5, 5.41) is 0.930. The van der Waals surface area contributed by atoms with Crippen LogP contribution in [-0.4, -0.2) is 86.6 Å². The third kappa shape index (κ3) is 3.47. The summed E-state index contributed by atoms with van der Waals surface area (Å²) in [5.74, 6) is -6.28. The van der Waals surface area contributed by atoms with E-state index >= 15 is 0 Å². The smallest absolute Gasteiger partial charge is 0.241 e. The zero-order chi connectivity index (χ0) is 24.2. The molecule has 1 aromatic heterocycles. The molecule has 4 amide bonds. The Hall–Kier alpha value is -3.31. The van der Waals surface area contributed by atoms with Crippen LogP contribution in [-0.2, 0) is 19.2 Å². The van der Waals surface area contributed by atoms with Gasteiger partial charge < -0.3 is 0 Å². The second kappa shape index (κ2) is 8.23. The molecule has 0 aliphatic carbocycles. The predicted molar refractivity (Wildman–Crippen MR) is 128 cm³/mol. The maximum atomic E-state index is 13.3. The van der Waals surface area contributed by atoms with Gasteiger partial charge in [0.05, 0.1) is 5.52 Å². The maximum absolute atomic E-state index is 13.3. The van der Waals surface area contributed by atoms with E-state index in [4.69, 9.17) is 24.4 Å². The van der Waals surface area contributed by atoms with E-state index in [-0.39, 0.29) is 15.9 Å². The van der Waals surface area contributed by atoms with Crippen LogP contribution in [0, 0.1) is 11.8 Å². The van der Waals surface area contributed by atoms with Gasteiger partial charge in [-0.3, -0.25) is 43.8 Å². The molecular formula is C22H21N5O4S2. The minimum atomic E-state index is -1.37. The lowest BCUT2D eigenvalue weighted by Gasteiger charge is -2.43. The molecule has 2 aromatic rings. The summed E-state index contributed by atoms with van der Waals surface area (Å²) >= 11 is 10.4. The summed E-state index contributed by atoms with van der Waals surface area (Å²) < 4.78 is 0. The van der Waals surface area contributed by atoms with E-state index in [1.807, 2.05) is 18.2 Å². The normalized spacial score (nSPS) is 19.1. The Morgan fingerprint density at radius 2 is 1.12 bits per heavy atom. The summed E-state index contributed by atoms with van der Waals surface area (Å²) in [6, 6.07) is 10.8. The highest BCUT2D eigenvalue weighted by atomic mass is 32.1. The van der Waals surface area contributed by atoms with Crippen LogP contribution in [0.4, 0.5) is 0 Å². The van der Waals surface area contributed by atoms with Gasteiger partial charge in [-0.05, 0) is 36.6 Å². The Balaban J connectivity index is 1.94. The number of nitrogens with zero attached hydrogens (tertiary/aromatic N) is 5. The first-order chi connectivity index (χ1) is 15.6. The molecule has 3 heterocycles. The summed E-state index contributed by atoms with van der Waals surface area (Å²) in [6.45, 7) is 0. The van der Waals surface area contributed by atoms with Crippen LogP contribution >= 0.6 is 24.4 Å². The van der Waals surface area contributed by atoms with Crippen molar-refractivity contribution in [1.82, 2.24) is 24.6 Å². The fraction of sp³-hybridized carbons (Fsp3) is 0.318. The lowest BCUT2D eigenvalue weighted by Crippen LogP contribution is -2.63. The molecule has 1 aromatic carbocycles. The Kier molecular flexibility index (Phi) is 5.71. The zero-order valence-corrected chi connectivity index (χ0v) is 20.0. The molecule has 170 valence electrons. The lowest BCUT2D eigenvalue weighted by molar-refractivity contribution is -0.152. The van der Waals surface area contributed by atoms with Gasteiger partial charge >= 0.3 is 0 Å². The molecule has 0 atom stereocenters. The molecule has 2 aliphatic heterocycles. The second-order valence-corrected chi connectivity index (χ2v) is 8.79. The van der Waals surface area contributed by atoms with Crippen molar-refractivity contribution in [2.24, 2.45) is 11.8 Å². The quantitative estimate of drug-likeness (QED) is 0.475. The number of carbonyl (C=O) groups is 4. The molecular weight excluding hydrogens is 462 g/mol. The predicted octanol–water partition coefficient (Wildman–Crippen LogP) is 0.981. The number of carbonyl (C=O) groups excluding carboxylic acids is 4. The number of amides is 4. The lowest BCUT2D eigenvalue weighted by atomic mass is 9.74. The second-order valence-electron chi connectivity index (χ2n) is 8.06. The number of pyridine rings is 1. The van der Waals surface area contributed by atoms with E-state index in [2.05, 4.69) is 4.98 Å². The Labute approximate surface area is 200 Å². The van der Waals surface area contributed by atoms with E-state index in [1.54, 1.807) is 18.2 Å². The third-order valence-corrected chi connectivity index (χ3v) is 7.31. The summed E-state index contributed by atoms with van der Waals surface area (Å²) in [5.41, 5.74) is 0.900. The number of para-hydroxylation sites is 1. The van der Waals surface area contributed by atoms with E-state index in [1.165, 1.54) is 47.8 Å². The molecule has 33 heavy (non-hydrogen) atoms. The molecule has 9 nitrogen and oxygen atoms in total. The highest BCUT2D eigenvalue weighted by molar-refractivity contribution is 7.80. The Bertz CT molecular complexity index is 1140. The van der Waals surface area contributed by atoms with E-state index in [9.17, 15) is 19.2 Å². The number of fused-ring (bicyclic) bond motifs is 1. The molecule has 4 rings (SSSR count). The van der Waals surface area contributed by atoms with Gasteiger partial charge in [0.1, 0.15) is 11.8 Å². The topological polar surface area (TPSA) is 94.1 Å². The summed E-state index contributed by atoms with van der Waals surface area (Å²) in [4.78, 5) is 62.8. The van der Waals surface area contributed by atoms with Crippen molar-refractivity contribution in [3.63, 3.8) is 0 Å². The Morgan fingerprint density at radius 3 is 1.58 bits per heavy atom. The van der Waals surface area contributed by atoms with Crippen molar-refractivity contribution in [2.75, 3.05) is 28.2 Å². The van der Waals surface area contributed by atoms with Crippen LogP contribution in [0.1, 0.15) is 11.6 Å². The molecule has 0 radical (unpaired) electrons. The SMILES string of the molecule is CN1C(=O)C(C(c2ccc3ccccc3n2)C2C(=O)N(C)C(=S)N(C)C2=O)C(=O)N(C)C1=S. The van der Waals surface area contributed by atoms with Gasteiger partial charge in [-0.2, -0.15) is 0 Å². The highest BCUT2D eigenvalue weighted by Gasteiger charge is 2.55. The van der Waals surface area contributed by atoms with Crippen LogP contribution in [0.5, 0.6) is 0 Å². The first-order valence-corrected chi connectivity index (χ1v) is 10.9. The molecule has 0 bridgehead atoms. The average Bonchev–Trinajstić information content (AvgIpc) is 2.82. The number of hydrogen-bond acceptors (Lipinski definition) is 7. The number of aromatic nitrogens is 1. The van der Waals surface area contributed by atoms with Crippen molar-refractivity contribution in [3.8, 4) is 0 Å². The fourth-order valence-electron chi connectivity index (χ4n) is 4.29. The molecule has 2 saturated heterocycles. The minimum Gasteiger partial charge on any atom is -0.291 e. The minimum absolute atomic E-state index is 0.0446. The molecule has 11 heteroatoms. The van der Waals surface area contributed by atoms with E-state index in [0.29, 0.717) is 5.52 Å². The van der Waals surface area contributed by atoms with E-state index in [0.717, 1.165) is 5.39 Å². The standard InChI is InChI=1S/C22H21N5O4S2/c1-24-17(28)15(18(29)25(2)21(24)32)14(13-10-9-11-7-5-6-8-12(11)23-13)16-19(30)26(3)22(33)27(4)20(16)31/h5-10,14-16H,1-4H3. The summed E-state index contributed by atoms with van der Waals surface area (Å²) in [6.07, 6.45) is 0. The van der Waals surface area contributed by atoms with Crippen molar-refractivity contribution in [2.45, 2.75) is 5.92 Å². The van der Waals surface area contributed by atoms with Gasteiger partial charge in [0.15, 0.2) is 10.2 Å². The maximum Gasteiger partial charge on any atom is 0.241 e. The molecule has 2 aliphatic rings. The summed E-state index contributed by atoms with van der Waals surface area (Å²) in [7, 11) is 5.85. The molecule has 0 unspecified atom stereocenters. The van der Waals surface area contributed by atoms with Gasteiger partial charge in [-0.1, -0.05) is 24.3 Å². The molecule has 0 saturated carbocycles. The molecule has 0 spiro atoms. The molecule has 2 fully saturated rings. The van der Waals surface area contributed by atoms with Crippen LogP contribution in [0.25, 0.3) is 10.9 Å². The Morgan fingerprint density at radius 1 is 0.697 bits per heavy atom. The number of hydrogen-bond donors (Lipinski definition) is 0. The average molecular weight is 484 g/mol.